The van der Waals surface area contributed by atoms with Crippen LogP contribution in [0.2, 0.25) is 0 Å². The second kappa shape index (κ2) is 8.52. The van der Waals surface area contributed by atoms with Gasteiger partial charge in [0.05, 0.1) is 11.3 Å². The predicted octanol–water partition coefficient (Wildman–Crippen LogP) is 4.93. The summed E-state index contributed by atoms with van der Waals surface area (Å²) in [5, 5.41) is 11.3. The van der Waals surface area contributed by atoms with Crippen LogP contribution >= 0.6 is 0 Å². The van der Waals surface area contributed by atoms with E-state index in [9.17, 15) is 5.11 Å². The van der Waals surface area contributed by atoms with Crippen molar-refractivity contribution in [2.24, 2.45) is 0 Å². The van der Waals surface area contributed by atoms with Gasteiger partial charge in [-0.15, -0.1) is 23.6 Å². The van der Waals surface area contributed by atoms with Crippen molar-refractivity contribution in [3.8, 4) is 22.5 Å². The molecule has 1 aliphatic carbocycles. The van der Waals surface area contributed by atoms with Gasteiger partial charge in [0, 0.05) is 51.0 Å². The van der Waals surface area contributed by atoms with E-state index >= 15 is 0 Å². The van der Waals surface area contributed by atoms with E-state index in [1.54, 1.807) is 6.20 Å². The molecule has 167 valence electrons. The first kappa shape index (κ1) is 23.1. The first-order valence-electron chi connectivity index (χ1n) is 11.1. The van der Waals surface area contributed by atoms with E-state index < -0.39 is 5.60 Å². The third-order valence-electron chi connectivity index (χ3n) is 6.70. The maximum absolute atomic E-state index is 10.3. The van der Waals surface area contributed by atoms with Crippen LogP contribution in [0.15, 0.2) is 60.9 Å². The Morgan fingerprint density at radius 2 is 1.88 bits per heavy atom. The maximum Gasteiger partial charge on any atom is 0.150 e. The molecule has 3 aromatic heterocycles. The summed E-state index contributed by atoms with van der Waals surface area (Å²) in [5.41, 5.74) is 12.1. The van der Waals surface area contributed by atoms with Gasteiger partial charge in [-0.25, -0.2) is 9.97 Å². The Hall–Kier alpha value is -2.67. The summed E-state index contributed by atoms with van der Waals surface area (Å²) in [5.74, 6) is 1.53. The molecule has 7 heteroatoms. The molecule has 0 saturated heterocycles. The molecule has 6 rings (SSSR count). The topological polar surface area (TPSA) is 89.3 Å². The molecule has 1 fully saturated rings. The van der Waals surface area contributed by atoms with Crippen molar-refractivity contribution >= 4 is 22.2 Å². The Bertz CT molecular complexity index is 1520. The molecule has 2 aromatic carbocycles. The maximum atomic E-state index is 10.3. The quantitative estimate of drug-likeness (QED) is 0.328. The van der Waals surface area contributed by atoms with Crippen molar-refractivity contribution in [3.05, 3.63) is 78.4 Å². The fourth-order valence-electron chi connectivity index (χ4n) is 5.02. The number of nitrogens with zero attached hydrogens (tertiary/aromatic N) is 4. The van der Waals surface area contributed by atoms with Crippen molar-refractivity contribution in [2.45, 2.75) is 38.2 Å². The van der Waals surface area contributed by atoms with E-state index in [1.165, 1.54) is 0 Å². The van der Waals surface area contributed by atoms with Gasteiger partial charge in [0.2, 0.25) is 0 Å². The fraction of sp³-hybridized carbons (Fsp3) is 0.222. The van der Waals surface area contributed by atoms with Gasteiger partial charge in [-0.2, -0.15) is 0 Å². The second-order valence-electron chi connectivity index (χ2n) is 9.24. The molecule has 1 radical (unpaired) electrons. The molecule has 1 aliphatic rings. The summed E-state index contributed by atoms with van der Waals surface area (Å²) < 4.78 is 2.03. The van der Waals surface area contributed by atoms with Gasteiger partial charge in [0.15, 0.2) is 0 Å². The molecular weight excluding hydrogens is 499 g/mol. The molecule has 0 atom stereocenters. The number of anilines is 1. The van der Waals surface area contributed by atoms with Crippen LogP contribution in [-0.4, -0.2) is 30.1 Å². The standard InChI is InChI=1S/C27H24N5O.Y/c1-16-20(10-8-18-9-11-21(30-22(16)18)17-6-4-3-5-7-17)23-24-25(28)29-12-13-32(24)26(31-23)19-14-27(2,33)15-19;/h3-8,10-13,19,33H,14-15H2,1-2H3,(H2,28,29);/q-1;. The summed E-state index contributed by atoms with van der Waals surface area (Å²) in [6.07, 6.45) is 4.97. The summed E-state index contributed by atoms with van der Waals surface area (Å²) in [6.45, 7) is 3.94. The van der Waals surface area contributed by atoms with Crippen molar-refractivity contribution in [2.75, 3.05) is 5.73 Å². The van der Waals surface area contributed by atoms with Crippen molar-refractivity contribution in [1.82, 2.24) is 19.4 Å². The average molecular weight is 523 g/mol. The zero-order chi connectivity index (χ0) is 22.7. The number of nitrogens with two attached hydrogens (primary N) is 1. The third kappa shape index (κ3) is 3.74. The molecule has 0 unspecified atom stereocenters. The van der Waals surface area contributed by atoms with Crippen LogP contribution in [0.5, 0.6) is 0 Å². The van der Waals surface area contributed by atoms with Crippen molar-refractivity contribution < 1.29 is 37.8 Å². The smallest absolute Gasteiger partial charge is 0.150 e. The third-order valence-corrected chi connectivity index (χ3v) is 6.70. The zero-order valence-corrected chi connectivity index (χ0v) is 22.0. The fourth-order valence-corrected chi connectivity index (χ4v) is 5.02. The largest absolute Gasteiger partial charge is 0.390 e. The molecule has 3 heterocycles. The van der Waals surface area contributed by atoms with E-state index in [2.05, 4.69) is 36.2 Å². The monoisotopic (exact) mass is 523 g/mol. The molecular formula is C27H24N5OY-. The molecule has 1 saturated carbocycles. The number of hydrogen-bond acceptors (Lipinski definition) is 5. The second-order valence-corrected chi connectivity index (χ2v) is 9.24. The summed E-state index contributed by atoms with van der Waals surface area (Å²) in [4.78, 5) is 14.4. The number of benzene rings is 2. The normalized spacial score (nSPS) is 19.7. The Morgan fingerprint density at radius 3 is 2.62 bits per heavy atom. The van der Waals surface area contributed by atoms with E-state index in [-0.39, 0.29) is 38.6 Å². The Morgan fingerprint density at radius 1 is 1.12 bits per heavy atom. The van der Waals surface area contributed by atoms with Crippen LogP contribution in [0.4, 0.5) is 5.82 Å². The molecule has 3 N–H and O–H groups in total. The number of aliphatic hydroxyl groups is 1. The molecule has 5 aromatic rings. The van der Waals surface area contributed by atoms with Gasteiger partial charge in [0.25, 0.3) is 0 Å². The zero-order valence-electron chi connectivity index (χ0n) is 19.2. The number of nitrogen functional groups attached to an aromatic ring is 1. The average Bonchev–Trinajstić information content (AvgIpc) is 3.18. The van der Waals surface area contributed by atoms with E-state index in [1.807, 2.05) is 47.9 Å². The van der Waals surface area contributed by atoms with Crippen molar-refractivity contribution in [3.63, 3.8) is 0 Å². The molecule has 0 amide bonds. The minimum Gasteiger partial charge on any atom is -0.390 e. The van der Waals surface area contributed by atoms with Crippen LogP contribution in [0, 0.1) is 13.0 Å². The first-order valence-corrected chi connectivity index (χ1v) is 11.1. The van der Waals surface area contributed by atoms with Gasteiger partial charge >= 0.3 is 0 Å². The minimum atomic E-state index is -0.637. The van der Waals surface area contributed by atoms with E-state index in [4.69, 9.17) is 15.7 Å². The van der Waals surface area contributed by atoms with Crippen LogP contribution in [0.1, 0.15) is 37.1 Å². The number of aryl methyl sites for hydroxylation is 1. The Kier molecular flexibility index (Phi) is 5.79. The SMILES string of the molecule is Cc1c(-c2nc(C3CC(C)(O)C3)n3ccnc(N)c23)ccc2[c-]cc(-c3ccccc3)nc12.[Y]. The number of aromatic nitrogens is 4. The number of rotatable bonds is 3. The van der Waals surface area contributed by atoms with Gasteiger partial charge in [0.1, 0.15) is 17.2 Å². The summed E-state index contributed by atoms with van der Waals surface area (Å²) >= 11 is 0. The molecule has 34 heavy (non-hydrogen) atoms. The van der Waals surface area contributed by atoms with Crippen LogP contribution in [0.25, 0.3) is 38.9 Å². The minimum absolute atomic E-state index is 0. The van der Waals surface area contributed by atoms with Gasteiger partial charge in [-0.3, -0.25) is 4.40 Å². The Labute approximate surface area is 223 Å². The summed E-state index contributed by atoms with van der Waals surface area (Å²) in [7, 11) is 0. The van der Waals surface area contributed by atoms with Gasteiger partial charge in [-0.05, 0) is 49.0 Å². The number of hydrogen-bond donors (Lipinski definition) is 2. The summed E-state index contributed by atoms with van der Waals surface area (Å²) in [6, 6.07) is 19.5. The predicted molar refractivity (Wildman–Crippen MR) is 130 cm³/mol. The van der Waals surface area contributed by atoms with Crippen LogP contribution < -0.4 is 5.73 Å². The van der Waals surface area contributed by atoms with E-state index in [0.717, 1.165) is 50.3 Å². The first-order chi connectivity index (χ1) is 15.9. The van der Waals surface area contributed by atoms with Crippen molar-refractivity contribution in [1.29, 1.82) is 0 Å². The molecule has 0 spiro atoms. The van der Waals surface area contributed by atoms with E-state index in [0.29, 0.717) is 18.7 Å². The van der Waals surface area contributed by atoms with Crippen LogP contribution in [0.3, 0.4) is 0 Å². The van der Waals surface area contributed by atoms with Gasteiger partial charge < -0.3 is 15.8 Å². The molecule has 0 aliphatic heterocycles. The number of fused-ring (bicyclic) bond motifs is 2. The molecule has 0 bridgehead atoms. The van der Waals surface area contributed by atoms with Crippen LogP contribution in [-0.2, 0) is 32.7 Å². The molecule has 6 nitrogen and oxygen atoms in total. The van der Waals surface area contributed by atoms with Gasteiger partial charge in [-0.1, -0.05) is 42.0 Å². The number of pyridine rings is 1. The number of imidazole rings is 1. The Balaban J connectivity index is 0.00000241.